The van der Waals surface area contributed by atoms with Gasteiger partial charge >= 0.3 is 0 Å². The first-order valence-electron chi connectivity index (χ1n) is 4.53. The zero-order valence-corrected chi connectivity index (χ0v) is 9.26. The van der Waals surface area contributed by atoms with Gasteiger partial charge in [-0.25, -0.2) is 0 Å². The molecule has 0 saturated heterocycles. The first kappa shape index (κ1) is 11.4. The Morgan fingerprint density at radius 1 is 1.36 bits per heavy atom. The molecular weight excluding hydrogens is 202 g/mol. The predicted molar refractivity (Wildman–Crippen MR) is 55.6 cm³/mol. The largest absolute Gasteiger partial charge is 0.379 e. The molecule has 1 heterocycles. The first-order valence-corrected chi connectivity index (χ1v) is 5.30. The van der Waals surface area contributed by atoms with Gasteiger partial charge in [0.1, 0.15) is 10.7 Å². The highest BCUT2D eigenvalue weighted by Gasteiger charge is 2.05. The highest BCUT2D eigenvalue weighted by molar-refractivity contribution is 7.10. The van der Waals surface area contributed by atoms with Crippen LogP contribution >= 0.6 is 11.5 Å². The van der Waals surface area contributed by atoms with Crippen molar-refractivity contribution in [1.82, 2.24) is 9.59 Å². The predicted octanol–water partition coefficient (Wildman–Crippen LogP) is 1.13. The van der Waals surface area contributed by atoms with Gasteiger partial charge in [0.15, 0.2) is 0 Å². The summed E-state index contributed by atoms with van der Waals surface area (Å²) < 4.78 is 14.3. The van der Waals surface area contributed by atoms with Crippen molar-refractivity contribution in [2.75, 3.05) is 32.2 Å². The average Bonchev–Trinajstić information content (AvgIpc) is 2.65. The van der Waals surface area contributed by atoms with Crippen molar-refractivity contribution >= 4 is 16.5 Å². The highest BCUT2D eigenvalue weighted by atomic mass is 32.1. The maximum absolute atomic E-state index is 5.36. The van der Waals surface area contributed by atoms with Crippen LogP contribution in [0.1, 0.15) is 12.6 Å². The van der Waals surface area contributed by atoms with Crippen LogP contribution in [-0.2, 0) is 16.1 Å². The molecule has 0 aliphatic rings. The summed E-state index contributed by atoms with van der Waals surface area (Å²) >= 11 is 1.33. The van der Waals surface area contributed by atoms with Gasteiger partial charge in [-0.3, -0.25) is 0 Å². The minimum absolute atomic E-state index is 0.486. The molecule has 6 heteroatoms. The molecular formula is C8H15N3O2S. The summed E-state index contributed by atoms with van der Waals surface area (Å²) in [5, 5.41) is 7.91. The summed E-state index contributed by atoms with van der Waals surface area (Å²) in [7, 11) is 1.85. The normalized spacial score (nSPS) is 10.4. The van der Waals surface area contributed by atoms with Gasteiger partial charge in [0.25, 0.3) is 0 Å². The molecule has 0 atom stereocenters. The topological polar surface area (TPSA) is 56.3 Å². The number of hydrogen-bond acceptors (Lipinski definition) is 6. The maximum Gasteiger partial charge on any atom is 0.135 e. The van der Waals surface area contributed by atoms with E-state index in [4.69, 9.17) is 9.47 Å². The molecule has 0 aliphatic carbocycles. The summed E-state index contributed by atoms with van der Waals surface area (Å²) in [6.45, 7) is 4.39. The SMILES string of the molecule is CCOCCOCc1nnsc1NC. The monoisotopic (exact) mass is 217 g/mol. The van der Waals surface area contributed by atoms with Gasteiger partial charge < -0.3 is 14.8 Å². The average molecular weight is 217 g/mol. The number of nitrogens with one attached hydrogen (secondary N) is 1. The molecule has 0 fully saturated rings. The molecule has 0 unspecified atom stereocenters. The van der Waals surface area contributed by atoms with Crippen molar-refractivity contribution in [3.8, 4) is 0 Å². The van der Waals surface area contributed by atoms with E-state index in [1.54, 1.807) is 0 Å². The molecule has 0 aliphatic heterocycles. The third-order valence-corrected chi connectivity index (χ3v) is 2.38. The van der Waals surface area contributed by atoms with Gasteiger partial charge in [0, 0.05) is 25.2 Å². The second kappa shape index (κ2) is 6.69. The first-order chi connectivity index (χ1) is 6.88. The Bertz CT molecular complexity index is 254. The Hall–Kier alpha value is -0.720. The van der Waals surface area contributed by atoms with Crippen LogP contribution in [0, 0.1) is 0 Å². The zero-order valence-electron chi connectivity index (χ0n) is 8.45. The molecule has 0 spiro atoms. The lowest BCUT2D eigenvalue weighted by atomic mass is 10.5. The molecule has 80 valence electrons. The lowest BCUT2D eigenvalue weighted by Gasteiger charge is -2.03. The summed E-state index contributed by atoms with van der Waals surface area (Å²) in [5.41, 5.74) is 0.856. The smallest absolute Gasteiger partial charge is 0.135 e. The fourth-order valence-electron chi connectivity index (χ4n) is 0.924. The molecule has 0 bridgehead atoms. The molecule has 5 nitrogen and oxygen atoms in total. The van der Waals surface area contributed by atoms with Gasteiger partial charge in [-0.05, 0) is 6.92 Å². The van der Waals surface area contributed by atoms with Crippen LogP contribution in [0.15, 0.2) is 0 Å². The van der Waals surface area contributed by atoms with E-state index < -0.39 is 0 Å². The van der Waals surface area contributed by atoms with Gasteiger partial charge in [0.2, 0.25) is 0 Å². The summed E-state index contributed by atoms with van der Waals surface area (Å²) in [5.74, 6) is 0. The summed E-state index contributed by atoms with van der Waals surface area (Å²) in [4.78, 5) is 0. The Kier molecular flexibility index (Phi) is 5.43. The second-order valence-corrected chi connectivity index (χ2v) is 3.30. The van der Waals surface area contributed by atoms with Crippen molar-refractivity contribution in [3.63, 3.8) is 0 Å². The number of hydrogen-bond donors (Lipinski definition) is 1. The van der Waals surface area contributed by atoms with Crippen molar-refractivity contribution in [2.45, 2.75) is 13.5 Å². The molecule has 0 amide bonds. The minimum atomic E-state index is 0.486. The van der Waals surface area contributed by atoms with Crippen molar-refractivity contribution in [1.29, 1.82) is 0 Å². The maximum atomic E-state index is 5.36. The van der Waals surface area contributed by atoms with E-state index in [2.05, 4.69) is 14.9 Å². The summed E-state index contributed by atoms with van der Waals surface area (Å²) in [6.07, 6.45) is 0. The molecule has 1 rings (SSSR count). The fraction of sp³-hybridized carbons (Fsp3) is 0.750. The van der Waals surface area contributed by atoms with Crippen molar-refractivity contribution < 1.29 is 9.47 Å². The Labute approximate surface area is 87.6 Å². The van der Waals surface area contributed by atoms with Crippen LogP contribution < -0.4 is 5.32 Å². The van der Waals surface area contributed by atoms with E-state index in [0.29, 0.717) is 19.8 Å². The fourth-order valence-corrected chi connectivity index (χ4v) is 1.44. The second-order valence-electron chi connectivity index (χ2n) is 2.55. The number of nitrogens with zero attached hydrogens (tertiary/aromatic N) is 2. The number of rotatable bonds is 7. The highest BCUT2D eigenvalue weighted by Crippen LogP contribution is 2.16. The molecule has 1 N–H and O–H groups in total. The molecule has 0 saturated carbocycles. The van der Waals surface area contributed by atoms with Crippen LogP contribution in [0.4, 0.5) is 5.00 Å². The quantitative estimate of drug-likeness (QED) is 0.694. The van der Waals surface area contributed by atoms with Crippen LogP contribution in [-0.4, -0.2) is 36.5 Å². The lowest BCUT2D eigenvalue weighted by molar-refractivity contribution is 0.0443. The van der Waals surface area contributed by atoms with Crippen LogP contribution in [0.25, 0.3) is 0 Å². The van der Waals surface area contributed by atoms with Crippen LogP contribution in [0.2, 0.25) is 0 Å². The van der Waals surface area contributed by atoms with Crippen molar-refractivity contribution in [2.24, 2.45) is 0 Å². The minimum Gasteiger partial charge on any atom is -0.379 e. The standard InChI is InChI=1S/C8H15N3O2S/c1-3-12-4-5-13-6-7-8(9-2)14-11-10-7/h9H,3-6H2,1-2H3. The number of ether oxygens (including phenoxy) is 2. The molecule has 1 aromatic heterocycles. The van der Waals surface area contributed by atoms with E-state index in [1.807, 2.05) is 14.0 Å². The third-order valence-electron chi connectivity index (χ3n) is 1.60. The number of aromatic nitrogens is 2. The van der Waals surface area contributed by atoms with Gasteiger partial charge in [-0.1, -0.05) is 4.49 Å². The Balaban J connectivity index is 2.17. The van der Waals surface area contributed by atoms with Crippen LogP contribution in [0.5, 0.6) is 0 Å². The molecule has 1 aromatic rings. The zero-order chi connectivity index (χ0) is 10.2. The Morgan fingerprint density at radius 3 is 2.86 bits per heavy atom. The molecule has 0 aromatic carbocycles. The third kappa shape index (κ3) is 3.57. The van der Waals surface area contributed by atoms with Gasteiger partial charge in [0.05, 0.1) is 19.8 Å². The summed E-state index contributed by atoms with van der Waals surface area (Å²) in [6, 6.07) is 0. The van der Waals surface area contributed by atoms with E-state index in [9.17, 15) is 0 Å². The number of anilines is 1. The van der Waals surface area contributed by atoms with Gasteiger partial charge in [-0.2, -0.15) is 0 Å². The molecule has 14 heavy (non-hydrogen) atoms. The Morgan fingerprint density at radius 2 is 2.14 bits per heavy atom. The van der Waals surface area contributed by atoms with Gasteiger partial charge in [-0.15, -0.1) is 5.10 Å². The van der Waals surface area contributed by atoms with E-state index in [1.165, 1.54) is 11.5 Å². The van der Waals surface area contributed by atoms with E-state index in [0.717, 1.165) is 17.3 Å². The van der Waals surface area contributed by atoms with E-state index in [-0.39, 0.29) is 0 Å². The van der Waals surface area contributed by atoms with Crippen LogP contribution in [0.3, 0.4) is 0 Å². The lowest BCUT2D eigenvalue weighted by Crippen LogP contribution is -2.05. The molecule has 0 radical (unpaired) electrons. The van der Waals surface area contributed by atoms with Crippen molar-refractivity contribution in [3.05, 3.63) is 5.69 Å². The van der Waals surface area contributed by atoms with E-state index >= 15 is 0 Å².